The van der Waals surface area contributed by atoms with Crippen molar-refractivity contribution in [2.75, 3.05) is 14.1 Å². The molecular formula is C14H20N2Y-2. The average Bonchev–Trinajstić information content (AvgIpc) is 2.48. The molecule has 0 aromatic heterocycles. The summed E-state index contributed by atoms with van der Waals surface area (Å²) in [5.74, 6) is 0. The van der Waals surface area contributed by atoms with E-state index in [4.69, 9.17) is 0 Å². The minimum atomic E-state index is 0. The fourth-order valence-corrected chi connectivity index (χ4v) is 0.684. The van der Waals surface area contributed by atoms with Gasteiger partial charge in [0.15, 0.2) is 0 Å². The average molecular weight is 305 g/mol. The molecule has 0 spiro atoms. The van der Waals surface area contributed by atoms with Crippen LogP contribution in [0.25, 0.3) is 0 Å². The summed E-state index contributed by atoms with van der Waals surface area (Å²) in [5.41, 5.74) is 9.00. The van der Waals surface area contributed by atoms with Gasteiger partial charge in [0.2, 0.25) is 0 Å². The third kappa shape index (κ3) is 21.3. The summed E-state index contributed by atoms with van der Waals surface area (Å²) in [6, 6.07) is 25.0. The van der Waals surface area contributed by atoms with Gasteiger partial charge in [0.25, 0.3) is 0 Å². The maximum absolute atomic E-state index is 4.50. The van der Waals surface area contributed by atoms with Gasteiger partial charge in [-0.05, 0) is 14.1 Å². The van der Waals surface area contributed by atoms with Gasteiger partial charge < -0.3 is 11.5 Å². The van der Waals surface area contributed by atoms with Crippen LogP contribution in [0.2, 0.25) is 0 Å². The van der Waals surface area contributed by atoms with Crippen LogP contribution in [0.3, 0.4) is 0 Å². The minimum Gasteiger partial charge on any atom is -0.333 e. The van der Waals surface area contributed by atoms with E-state index in [9.17, 15) is 0 Å². The molecule has 0 unspecified atom stereocenters. The summed E-state index contributed by atoms with van der Waals surface area (Å²) >= 11 is 0. The summed E-state index contributed by atoms with van der Waals surface area (Å²) in [4.78, 5) is 0. The van der Waals surface area contributed by atoms with Gasteiger partial charge in [0.1, 0.15) is 0 Å². The van der Waals surface area contributed by atoms with E-state index in [1.54, 1.807) is 0 Å². The fourth-order valence-electron chi connectivity index (χ4n) is 0.684. The van der Waals surface area contributed by atoms with Crippen LogP contribution in [0.15, 0.2) is 60.7 Å². The monoisotopic (exact) mass is 305 g/mol. The molecule has 17 heavy (non-hydrogen) atoms. The second kappa shape index (κ2) is 24.6. The van der Waals surface area contributed by atoms with Crippen LogP contribution in [0.4, 0.5) is 0 Å². The molecule has 0 aliphatic carbocycles. The summed E-state index contributed by atoms with van der Waals surface area (Å²) in [7, 11) is 3.00. The topological polar surface area (TPSA) is 52.0 Å². The first kappa shape index (κ1) is 21.7. The Morgan fingerprint density at radius 2 is 0.765 bits per heavy atom. The smallest absolute Gasteiger partial charge is 0 e. The van der Waals surface area contributed by atoms with Crippen molar-refractivity contribution in [2.24, 2.45) is 11.5 Å². The Hall–Kier alpha value is -0.536. The number of hydrogen-bond acceptors (Lipinski definition) is 2. The van der Waals surface area contributed by atoms with Crippen LogP contribution >= 0.6 is 0 Å². The standard InChI is InChI=1S/2C6H5.2CH5N.Y/c2*1-2-4-6-5-3-1;2*1-2;/h2*1-5H;2*2H2,1H3;/q2*-1;;;. The first-order valence-electron chi connectivity index (χ1n) is 4.98. The van der Waals surface area contributed by atoms with Crippen molar-refractivity contribution in [3.05, 3.63) is 72.8 Å². The van der Waals surface area contributed by atoms with Crippen LogP contribution in [-0.2, 0) is 32.7 Å². The van der Waals surface area contributed by atoms with Crippen LogP contribution < -0.4 is 11.5 Å². The molecule has 4 N–H and O–H groups in total. The predicted molar refractivity (Wildman–Crippen MR) is 70.8 cm³/mol. The van der Waals surface area contributed by atoms with E-state index in [1.165, 1.54) is 14.1 Å². The molecule has 0 saturated carbocycles. The van der Waals surface area contributed by atoms with Crippen molar-refractivity contribution in [1.29, 1.82) is 0 Å². The van der Waals surface area contributed by atoms with Gasteiger partial charge in [-0.1, -0.05) is 0 Å². The summed E-state index contributed by atoms with van der Waals surface area (Å²) in [5, 5.41) is 0. The predicted octanol–water partition coefficient (Wildman–Crippen LogP) is 2.12. The molecule has 0 fully saturated rings. The van der Waals surface area contributed by atoms with Crippen LogP contribution in [0.1, 0.15) is 0 Å². The quantitative estimate of drug-likeness (QED) is 0.733. The Morgan fingerprint density at radius 1 is 0.529 bits per heavy atom. The zero-order chi connectivity index (χ0) is 12.5. The Morgan fingerprint density at radius 3 is 0.824 bits per heavy atom. The van der Waals surface area contributed by atoms with E-state index in [1.807, 2.05) is 60.7 Å². The molecule has 0 aliphatic heterocycles. The van der Waals surface area contributed by atoms with E-state index in [2.05, 4.69) is 23.6 Å². The van der Waals surface area contributed by atoms with Gasteiger partial charge in [-0.25, -0.2) is 0 Å². The molecule has 0 amide bonds. The van der Waals surface area contributed by atoms with Crippen molar-refractivity contribution < 1.29 is 32.7 Å². The van der Waals surface area contributed by atoms with Crippen molar-refractivity contribution >= 4 is 0 Å². The number of rotatable bonds is 0. The molecule has 1 radical (unpaired) electrons. The van der Waals surface area contributed by atoms with Crippen LogP contribution in [-0.4, -0.2) is 14.1 Å². The molecule has 0 aliphatic rings. The third-order valence-corrected chi connectivity index (χ3v) is 1.21. The molecule has 2 rings (SSSR count). The molecule has 2 aromatic rings. The second-order valence-electron chi connectivity index (χ2n) is 2.15. The normalized spacial score (nSPS) is 6.35. The van der Waals surface area contributed by atoms with Gasteiger partial charge in [-0.3, -0.25) is 0 Å². The van der Waals surface area contributed by atoms with E-state index >= 15 is 0 Å². The summed E-state index contributed by atoms with van der Waals surface area (Å²) in [6.07, 6.45) is 0. The van der Waals surface area contributed by atoms with Crippen molar-refractivity contribution in [3.63, 3.8) is 0 Å². The molecule has 91 valence electrons. The van der Waals surface area contributed by atoms with Crippen molar-refractivity contribution in [1.82, 2.24) is 0 Å². The van der Waals surface area contributed by atoms with Gasteiger partial charge in [-0.2, -0.15) is 72.8 Å². The molecule has 3 heteroatoms. The number of benzene rings is 2. The summed E-state index contributed by atoms with van der Waals surface area (Å²) < 4.78 is 0. The molecule has 0 atom stereocenters. The molecule has 0 bridgehead atoms. The van der Waals surface area contributed by atoms with Crippen LogP contribution in [0, 0.1) is 12.1 Å². The first-order chi connectivity index (χ1) is 8.00. The van der Waals surface area contributed by atoms with Crippen molar-refractivity contribution in [3.8, 4) is 0 Å². The summed E-state index contributed by atoms with van der Waals surface area (Å²) in [6.45, 7) is 0. The van der Waals surface area contributed by atoms with E-state index in [0.29, 0.717) is 0 Å². The molecule has 0 saturated heterocycles. The van der Waals surface area contributed by atoms with Gasteiger partial charge in [0, 0.05) is 32.7 Å². The second-order valence-corrected chi connectivity index (χ2v) is 2.15. The van der Waals surface area contributed by atoms with Crippen LogP contribution in [0.5, 0.6) is 0 Å². The minimum absolute atomic E-state index is 0. The molecular weight excluding hydrogens is 285 g/mol. The van der Waals surface area contributed by atoms with Gasteiger partial charge in [0.05, 0.1) is 0 Å². The van der Waals surface area contributed by atoms with E-state index < -0.39 is 0 Å². The fraction of sp³-hybridized carbons (Fsp3) is 0.143. The Balaban J connectivity index is -0.000000171. The first-order valence-corrected chi connectivity index (χ1v) is 4.98. The van der Waals surface area contributed by atoms with E-state index in [0.717, 1.165) is 0 Å². The SMILES string of the molecule is CN.CN.[Y].[c-]1ccccc1.[c-]1ccccc1. The molecule has 2 nitrogen and oxygen atoms in total. The molecule has 0 heterocycles. The zero-order valence-electron chi connectivity index (χ0n) is 10.5. The van der Waals surface area contributed by atoms with Crippen molar-refractivity contribution in [2.45, 2.75) is 0 Å². The Bertz CT molecular complexity index is 190. The number of nitrogens with two attached hydrogens (primary N) is 2. The van der Waals surface area contributed by atoms with Gasteiger partial charge in [-0.15, -0.1) is 0 Å². The largest absolute Gasteiger partial charge is 0.333 e. The third-order valence-electron chi connectivity index (χ3n) is 1.21. The van der Waals surface area contributed by atoms with Gasteiger partial charge >= 0.3 is 0 Å². The van der Waals surface area contributed by atoms with E-state index in [-0.39, 0.29) is 32.7 Å². The maximum atomic E-state index is 4.50. The maximum Gasteiger partial charge on any atom is 0 e. The molecule has 2 aromatic carbocycles. The Kier molecular flexibility index (Phi) is 31.4. The Labute approximate surface area is 130 Å². The zero-order valence-corrected chi connectivity index (χ0v) is 13.3. The number of hydrogen-bond donors (Lipinski definition) is 2.